The third kappa shape index (κ3) is 2.84. The number of hydrogen-bond donors (Lipinski definition) is 2. The summed E-state index contributed by atoms with van der Waals surface area (Å²) < 4.78 is 1.82. The van der Waals surface area contributed by atoms with Crippen LogP contribution in [-0.4, -0.2) is 19.8 Å². The van der Waals surface area contributed by atoms with E-state index in [1.54, 1.807) is 6.20 Å². The Balaban J connectivity index is 2.14. The molecule has 0 aliphatic heterocycles. The molecule has 2 heterocycles. The maximum atomic E-state index is 5.63. The van der Waals surface area contributed by atoms with Crippen molar-refractivity contribution in [3.05, 3.63) is 41.3 Å². The molecule has 0 aliphatic carbocycles. The number of pyridine rings is 1. The lowest BCUT2D eigenvalue weighted by atomic mass is 10.2. The van der Waals surface area contributed by atoms with Crippen LogP contribution < -0.4 is 11.1 Å². The molecule has 18 heavy (non-hydrogen) atoms. The summed E-state index contributed by atoms with van der Waals surface area (Å²) in [6.07, 6.45) is 1.77. The number of rotatable bonds is 4. The summed E-state index contributed by atoms with van der Waals surface area (Å²) in [5, 5.41) is 7.34. The van der Waals surface area contributed by atoms with Crippen LogP contribution in [0.5, 0.6) is 0 Å². The molecule has 0 bridgehead atoms. The van der Waals surface area contributed by atoms with Crippen LogP contribution in [0.15, 0.2) is 24.4 Å². The number of thiocarbonyl (C=S) groups is 1. The Morgan fingerprint density at radius 1 is 1.50 bits per heavy atom. The van der Waals surface area contributed by atoms with Gasteiger partial charge < -0.3 is 11.1 Å². The van der Waals surface area contributed by atoms with E-state index >= 15 is 0 Å². The topological polar surface area (TPSA) is 68.8 Å². The highest BCUT2D eigenvalue weighted by molar-refractivity contribution is 7.80. The van der Waals surface area contributed by atoms with E-state index < -0.39 is 0 Å². The van der Waals surface area contributed by atoms with Crippen LogP contribution in [0, 0.1) is 6.92 Å². The molecule has 5 nitrogen and oxygen atoms in total. The van der Waals surface area contributed by atoms with Crippen molar-refractivity contribution in [3.63, 3.8) is 0 Å². The molecular formula is C12H15N5S. The molecule has 0 aromatic carbocycles. The fraction of sp³-hybridized carbons (Fsp3) is 0.250. The lowest BCUT2D eigenvalue weighted by Gasteiger charge is -2.08. The molecule has 2 aromatic heterocycles. The highest BCUT2D eigenvalue weighted by Gasteiger charge is 2.03. The fourth-order valence-electron chi connectivity index (χ4n) is 1.66. The maximum absolute atomic E-state index is 5.63. The molecule has 0 saturated carbocycles. The van der Waals surface area contributed by atoms with Gasteiger partial charge in [0.25, 0.3) is 0 Å². The van der Waals surface area contributed by atoms with Crippen molar-refractivity contribution < 1.29 is 0 Å². The zero-order valence-corrected chi connectivity index (χ0v) is 11.2. The third-order valence-corrected chi connectivity index (χ3v) is 2.85. The highest BCUT2D eigenvalue weighted by Crippen LogP contribution is 2.11. The number of anilines is 1. The molecule has 0 fully saturated rings. The number of aromatic nitrogens is 3. The van der Waals surface area contributed by atoms with Crippen LogP contribution in [0.3, 0.4) is 0 Å². The van der Waals surface area contributed by atoms with Gasteiger partial charge in [-0.15, -0.1) is 0 Å². The van der Waals surface area contributed by atoms with E-state index in [1.165, 1.54) is 0 Å². The molecule has 0 amide bonds. The van der Waals surface area contributed by atoms with Crippen LogP contribution in [-0.2, 0) is 13.6 Å². The van der Waals surface area contributed by atoms with E-state index in [0.717, 1.165) is 22.8 Å². The van der Waals surface area contributed by atoms with Crippen LogP contribution in [0.2, 0.25) is 0 Å². The zero-order valence-electron chi connectivity index (χ0n) is 10.3. The molecule has 0 saturated heterocycles. The first-order chi connectivity index (χ1) is 8.56. The summed E-state index contributed by atoms with van der Waals surface area (Å²) in [6, 6.07) is 5.68. The number of hydrogen-bond acceptors (Lipinski definition) is 4. The number of nitrogens with two attached hydrogens (primary N) is 1. The van der Waals surface area contributed by atoms with Gasteiger partial charge >= 0.3 is 0 Å². The molecule has 6 heteroatoms. The minimum atomic E-state index is 0.379. The van der Waals surface area contributed by atoms with E-state index in [4.69, 9.17) is 18.0 Å². The average molecular weight is 261 g/mol. The van der Waals surface area contributed by atoms with Crippen molar-refractivity contribution in [2.45, 2.75) is 13.5 Å². The third-order valence-electron chi connectivity index (χ3n) is 2.61. The normalized spacial score (nSPS) is 10.3. The van der Waals surface area contributed by atoms with Crippen LogP contribution in [0.4, 0.5) is 5.82 Å². The van der Waals surface area contributed by atoms with Gasteiger partial charge in [0.2, 0.25) is 0 Å². The van der Waals surface area contributed by atoms with Gasteiger partial charge in [0, 0.05) is 24.5 Å². The van der Waals surface area contributed by atoms with Crippen molar-refractivity contribution in [1.82, 2.24) is 14.8 Å². The molecule has 0 aliphatic rings. The van der Waals surface area contributed by atoms with E-state index in [9.17, 15) is 0 Å². The lowest BCUT2D eigenvalue weighted by molar-refractivity contribution is 0.720. The second-order valence-electron chi connectivity index (χ2n) is 4.05. The van der Waals surface area contributed by atoms with Crippen LogP contribution in [0.1, 0.15) is 17.0 Å². The number of nitrogens with zero attached hydrogens (tertiary/aromatic N) is 3. The zero-order chi connectivity index (χ0) is 13.1. The summed E-state index contributed by atoms with van der Waals surface area (Å²) >= 11 is 4.97. The largest absolute Gasteiger partial charge is 0.389 e. The lowest BCUT2D eigenvalue weighted by Crippen LogP contribution is -2.12. The Kier molecular flexibility index (Phi) is 3.57. The van der Waals surface area contributed by atoms with Gasteiger partial charge in [-0.1, -0.05) is 12.2 Å². The number of nitrogens with one attached hydrogen (secondary N) is 1. The van der Waals surface area contributed by atoms with Crippen LogP contribution >= 0.6 is 12.2 Å². The molecule has 2 aromatic rings. The smallest absolute Gasteiger partial charge is 0.127 e. The number of aryl methyl sites for hydroxylation is 2. The first-order valence-corrected chi connectivity index (χ1v) is 5.96. The minimum absolute atomic E-state index is 0.379. The minimum Gasteiger partial charge on any atom is -0.389 e. The van der Waals surface area contributed by atoms with Gasteiger partial charge in [-0.2, -0.15) is 5.10 Å². The first-order valence-electron chi connectivity index (χ1n) is 5.55. The Morgan fingerprint density at radius 2 is 2.28 bits per heavy atom. The quantitative estimate of drug-likeness (QED) is 0.814. The van der Waals surface area contributed by atoms with Gasteiger partial charge in [0.15, 0.2) is 0 Å². The summed E-state index contributed by atoms with van der Waals surface area (Å²) in [7, 11) is 1.90. The van der Waals surface area contributed by atoms with E-state index in [0.29, 0.717) is 11.5 Å². The summed E-state index contributed by atoms with van der Waals surface area (Å²) in [6.45, 7) is 2.57. The first kappa shape index (κ1) is 12.5. The summed E-state index contributed by atoms with van der Waals surface area (Å²) in [5.74, 6) is 0.763. The van der Waals surface area contributed by atoms with Gasteiger partial charge in [-0.05, 0) is 25.1 Å². The predicted molar refractivity (Wildman–Crippen MR) is 75.4 cm³/mol. The molecule has 0 spiro atoms. The van der Waals surface area contributed by atoms with E-state index in [2.05, 4.69) is 15.4 Å². The Hall–Kier alpha value is -1.95. The molecule has 3 N–H and O–H groups in total. The van der Waals surface area contributed by atoms with E-state index in [1.807, 2.05) is 36.9 Å². The standard InChI is InChI=1S/C12H15N5S/c1-8-5-9(12(13)18)6-11(16-8)14-7-10-3-4-15-17(10)2/h3-6H,7H2,1-2H3,(H2,13,18)(H,14,16). The van der Waals surface area contributed by atoms with Crippen molar-refractivity contribution in [2.75, 3.05) is 5.32 Å². The van der Waals surface area contributed by atoms with Crippen molar-refractivity contribution in [3.8, 4) is 0 Å². The van der Waals surface area contributed by atoms with Gasteiger partial charge in [0.1, 0.15) is 10.8 Å². The monoisotopic (exact) mass is 261 g/mol. The van der Waals surface area contributed by atoms with Gasteiger partial charge in [-0.25, -0.2) is 4.98 Å². The average Bonchev–Trinajstić information content (AvgIpc) is 2.71. The second kappa shape index (κ2) is 5.14. The fourth-order valence-corrected chi connectivity index (χ4v) is 1.78. The SMILES string of the molecule is Cc1cc(C(N)=S)cc(NCc2ccnn2C)n1. The predicted octanol–water partition coefficient (Wildman–Crippen LogP) is 1.37. The molecular weight excluding hydrogens is 246 g/mol. The molecule has 0 radical (unpaired) electrons. The van der Waals surface area contributed by atoms with Crippen molar-refractivity contribution >= 4 is 23.0 Å². The second-order valence-corrected chi connectivity index (χ2v) is 4.49. The van der Waals surface area contributed by atoms with Crippen molar-refractivity contribution in [1.29, 1.82) is 0 Å². The Bertz CT molecular complexity index is 576. The summed E-state index contributed by atoms with van der Waals surface area (Å²) in [5.41, 5.74) is 8.41. The summed E-state index contributed by atoms with van der Waals surface area (Å²) in [4.78, 5) is 4.77. The van der Waals surface area contributed by atoms with Crippen LogP contribution in [0.25, 0.3) is 0 Å². The Morgan fingerprint density at radius 3 is 2.89 bits per heavy atom. The van der Waals surface area contributed by atoms with Gasteiger partial charge in [-0.3, -0.25) is 4.68 Å². The molecule has 94 valence electrons. The molecule has 0 atom stereocenters. The van der Waals surface area contributed by atoms with Crippen molar-refractivity contribution in [2.24, 2.45) is 12.8 Å². The molecule has 2 rings (SSSR count). The van der Waals surface area contributed by atoms with Gasteiger partial charge in [0.05, 0.1) is 12.2 Å². The highest BCUT2D eigenvalue weighted by atomic mass is 32.1. The molecule has 0 unspecified atom stereocenters. The van der Waals surface area contributed by atoms with E-state index in [-0.39, 0.29) is 0 Å². The maximum Gasteiger partial charge on any atom is 0.127 e. The Labute approximate surface area is 111 Å².